The normalized spacial score (nSPS) is 11.0. The molecule has 0 radical (unpaired) electrons. The van der Waals surface area contributed by atoms with Gasteiger partial charge < -0.3 is 14.8 Å². The van der Waals surface area contributed by atoms with Crippen molar-refractivity contribution in [2.75, 3.05) is 30.3 Å². The third-order valence-electron chi connectivity index (χ3n) is 4.82. The number of nitrogens with one attached hydrogen (secondary N) is 1. The first-order valence-corrected chi connectivity index (χ1v) is 12.4. The van der Waals surface area contributed by atoms with Crippen LogP contribution in [0.3, 0.4) is 0 Å². The van der Waals surface area contributed by atoms with Gasteiger partial charge in [0.05, 0.1) is 18.5 Å². The minimum Gasteiger partial charge on any atom is -0.491 e. The second kappa shape index (κ2) is 10.9. The summed E-state index contributed by atoms with van der Waals surface area (Å²) in [6.45, 7) is 4.06. The van der Waals surface area contributed by atoms with E-state index < -0.39 is 15.9 Å². The monoisotopic (exact) mass is 468 g/mol. The van der Waals surface area contributed by atoms with Crippen molar-refractivity contribution < 1.29 is 22.7 Å². The molecule has 1 N–H and O–H groups in total. The van der Waals surface area contributed by atoms with Gasteiger partial charge in [0, 0.05) is 0 Å². The highest BCUT2D eigenvalue weighted by molar-refractivity contribution is 7.92. The van der Waals surface area contributed by atoms with E-state index in [0.29, 0.717) is 11.5 Å². The fraction of sp³-hybridized carbons (Fsp3) is 0.240. The van der Waals surface area contributed by atoms with Crippen LogP contribution in [0.1, 0.15) is 11.1 Å². The Morgan fingerprint density at radius 1 is 0.939 bits per heavy atom. The average Bonchev–Trinajstić information content (AvgIpc) is 2.78. The van der Waals surface area contributed by atoms with Crippen LogP contribution in [0.5, 0.6) is 17.2 Å². The maximum absolute atomic E-state index is 12.6. The molecule has 33 heavy (non-hydrogen) atoms. The largest absolute Gasteiger partial charge is 0.491 e. The summed E-state index contributed by atoms with van der Waals surface area (Å²) in [6.07, 6.45) is 1.06. The van der Waals surface area contributed by atoms with Crippen LogP contribution in [0.25, 0.3) is 0 Å². The van der Waals surface area contributed by atoms with Gasteiger partial charge in [-0.15, -0.1) is 0 Å². The average molecular weight is 469 g/mol. The zero-order valence-electron chi connectivity index (χ0n) is 18.9. The Labute approximate surface area is 195 Å². The van der Waals surface area contributed by atoms with Gasteiger partial charge in [-0.05, 0) is 55.3 Å². The van der Waals surface area contributed by atoms with Crippen LogP contribution in [-0.2, 0) is 14.8 Å². The van der Waals surface area contributed by atoms with E-state index >= 15 is 0 Å². The van der Waals surface area contributed by atoms with Crippen molar-refractivity contribution in [2.24, 2.45) is 0 Å². The quantitative estimate of drug-likeness (QED) is 0.454. The van der Waals surface area contributed by atoms with Crippen LogP contribution < -0.4 is 19.1 Å². The van der Waals surface area contributed by atoms with Gasteiger partial charge in [-0.25, -0.2) is 8.42 Å². The number of ether oxygens (including phenoxy) is 2. The zero-order chi connectivity index (χ0) is 23.8. The van der Waals surface area contributed by atoms with E-state index in [9.17, 15) is 13.2 Å². The highest BCUT2D eigenvalue weighted by atomic mass is 32.2. The van der Waals surface area contributed by atoms with Crippen molar-refractivity contribution in [2.45, 2.75) is 13.8 Å². The summed E-state index contributed by atoms with van der Waals surface area (Å²) >= 11 is 0. The summed E-state index contributed by atoms with van der Waals surface area (Å²) in [6, 6.07) is 21.7. The SMILES string of the molecule is Cc1ccc(C)c(OCCNC(=O)CN(c2ccccc2Oc2ccccc2)S(C)(=O)=O)c1. The Bertz CT molecular complexity index is 1200. The molecule has 0 fully saturated rings. The van der Waals surface area contributed by atoms with Gasteiger partial charge >= 0.3 is 0 Å². The fourth-order valence-corrected chi connectivity index (χ4v) is 4.01. The molecule has 3 aromatic rings. The van der Waals surface area contributed by atoms with Crippen LogP contribution in [0, 0.1) is 13.8 Å². The van der Waals surface area contributed by atoms with Crippen LogP contribution in [0.15, 0.2) is 72.8 Å². The standard InChI is InChI=1S/C25H28N2O5S/c1-19-13-14-20(2)24(17-19)31-16-15-26-25(28)18-27(33(3,29)30)22-11-7-8-12-23(22)32-21-9-5-4-6-10-21/h4-14,17H,15-16,18H2,1-3H3,(H,26,28). The number of hydrogen-bond acceptors (Lipinski definition) is 5. The Hall–Kier alpha value is -3.52. The number of sulfonamides is 1. The first-order valence-electron chi connectivity index (χ1n) is 10.5. The molecular weight excluding hydrogens is 440 g/mol. The Kier molecular flexibility index (Phi) is 7.95. The van der Waals surface area contributed by atoms with E-state index in [0.717, 1.165) is 27.4 Å². The first-order chi connectivity index (χ1) is 15.7. The maximum atomic E-state index is 12.6. The molecule has 8 heteroatoms. The summed E-state index contributed by atoms with van der Waals surface area (Å²) in [4.78, 5) is 12.6. The smallest absolute Gasteiger partial charge is 0.240 e. The molecule has 0 spiro atoms. The molecule has 0 heterocycles. The van der Waals surface area contributed by atoms with Gasteiger partial charge in [0.15, 0.2) is 5.75 Å². The lowest BCUT2D eigenvalue weighted by atomic mass is 10.1. The Balaban J connectivity index is 1.65. The molecule has 7 nitrogen and oxygen atoms in total. The molecule has 0 aliphatic rings. The van der Waals surface area contributed by atoms with E-state index in [2.05, 4.69) is 5.32 Å². The van der Waals surface area contributed by atoms with Crippen molar-refractivity contribution in [1.29, 1.82) is 0 Å². The summed E-state index contributed by atoms with van der Waals surface area (Å²) in [5.41, 5.74) is 2.37. The maximum Gasteiger partial charge on any atom is 0.240 e. The van der Waals surface area contributed by atoms with E-state index in [4.69, 9.17) is 9.47 Å². The van der Waals surface area contributed by atoms with Crippen LogP contribution in [0.4, 0.5) is 5.69 Å². The number of carbonyl (C=O) groups excluding carboxylic acids is 1. The molecule has 3 aromatic carbocycles. The number of rotatable bonds is 10. The number of carbonyl (C=O) groups is 1. The molecular formula is C25H28N2O5S. The fourth-order valence-electron chi connectivity index (χ4n) is 3.15. The highest BCUT2D eigenvalue weighted by Gasteiger charge is 2.24. The molecule has 0 aliphatic heterocycles. The topological polar surface area (TPSA) is 84.9 Å². The van der Waals surface area contributed by atoms with E-state index in [1.165, 1.54) is 0 Å². The van der Waals surface area contributed by atoms with Crippen LogP contribution in [0.2, 0.25) is 0 Å². The molecule has 0 aromatic heterocycles. The van der Waals surface area contributed by atoms with Crippen molar-refractivity contribution in [3.63, 3.8) is 0 Å². The highest BCUT2D eigenvalue weighted by Crippen LogP contribution is 2.33. The number of para-hydroxylation sites is 3. The lowest BCUT2D eigenvalue weighted by Gasteiger charge is -2.24. The van der Waals surface area contributed by atoms with Crippen LogP contribution >= 0.6 is 0 Å². The molecule has 0 saturated carbocycles. The molecule has 174 valence electrons. The van der Waals surface area contributed by atoms with Gasteiger partial charge in [0.25, 0.3) is 0 Å². The second-order valence-corrected chi connectivity index (χ2v) is 9.53. The summed E-state index contributed by atoms with van der Waals surface area (Å²) in [5, 5.41) is 2.72. The van der Waals surface area contributed by atoms with Crippen LogP contribution in [-0.4, -0.2) is 40.3 Å². The minimum atomic E-state index is -3.75. The van der Waals surface area contributed by atoms with Gasteiger partial charge in [0.1, 0.15) is 24.7 Å². The number of amides is 1. The Morgan fingerprint density at radius 3 is 2.36 bits per heavy atom. The second-order valence-electron chi connectivity index (χ2n) is 7.62. The summed E-state index contributed by atoms with van der Waals surface area (Å²) < 4.78 is 37.7. The number of benzene rings is 3. The first kappa shape index (κ1) is 24.1. The molecule has 0 aliphatic carbocycles. The number of aryl methyl sites for hydroxylation is 2. The van der Waals surface area contributed by atoms with E-state index in [-0.39, 0.29) is 25.4 Å². The van der Waals surface area contributed by atoms with E-state index in [1.54, 1.807) is 36.4 Å². The van der Waals surface area contributed by atoms with Crippen molar-refractivity contribution in [3.8, 4) is 17.2 Å². The molecule has 0 unspecified atom stereocenters. The van der Waals surface area contributed by atoms with Gasteiger partial charge in [0.2, 0.25) is 15.9 Å². The predicted octanol–water partition coefficient (Wildman–Crippen LogP) is 4.06. The predicted molar refractivity (Wildman–Crippen MR) is 130 cm³/mol. The zero-order valence-corrected chi connectivity index (χ0v) is 19.8. The van der Waals surface area contributed by atoms with Gasteiger partial charge in [-0.2, -0.15) is 0 Å². The number of nitrogens with zero attached hydrogens (tertiary/aromatic N) is 1. The molecule has 0 atom stereocenters. The van der Waals surface area contributed by atoms with Crippen molar-refractivity contribution in [3.05, 3.63) is 83.9 Å². The van der Waals surface area contributed by atoms with Gasteiger partial charge in [-0.3, -0.25) is 9.10 Å². The third kappa shape index (κ3) is 6.98. The summed E-state index contributed by atoms with van der Waals surface area (Å²) in [7, 11) is -3.75. The molecule has 0 bridgehead atoms. The van der Waals surface area contributed by atoms with Crippen molar-refractivity contribution in [1.82, 2.24) is 5.32 Å². The number of anilines is 1. The van der Waals surface area contributed by atoms with E-state index in [1.807, 2.05) is 50.2 Å². The molecule has 1 amide bonds. The molecule has 3 rings (SSSR count). The van der Waals surface area contributed by atoms with Crippen molar-refractivity contribution >= 4 is 21.6 Å². The minimum absolute atomic E-state index is 0.242. The third-order valence-corrected chi connectivity index (χ3v) is 5.94. The lowest BCUT2D eigenvalue weighted by molar-refractivity contribution is -0.119. The summed E-state index contributed by atoms with van der Waals surface area (Å²) in [5.74, 6) is 1.21. The Morgan fingerprint density at radius 2 is 1.64 bits per heavy atom. The van der Waals surface area contributed by atoms with Gasteiger partial charge in [-0.1, -0.05) is 42.5 Å². The molecule has 0 saturated heterocycles. The lowest BCUT2D eigenvalue weighted by Crippen LogP contribution is -2.41. The number of hydrogen-bond donors (Lipinski definition) is 1.